The summed E-state index contributed by atoms with van der Waals surface area (Å²) in [6.45, 7) is 1.88. The Hall–Kier alpha value is -3.16. The van der Waals surface area contributed by atoms with Gasteiger partial charge in [-0.2, -0.15) is 0 Å². The predicted octanol–water partition coefficient (Wildman–Crippen LogP) is 5.69. The molecule has 3 aromatic carbocycles. The number of hydrogen-bond donors (Lipinski definition) is 1. The summed E-state index contributed by atoms with van der Waals surface area (Å²) in [6.07, 6.45) is 0.489. The average molecular weight is 468 g/mol. The summed E-state index contributed by atoms with van der Waals surface area (Å²) in [5.74, 6) is -0.847. The molecule has 8 heteroatoms. The molecule has 1 heterocycles. The Morgan fingerprint density at radius 3 is 2.56 bits per heavy atom. The molecule has 0 radical (unpaired) electrons. The second-order valence-electron chi connectivity index (χ2n) is 7.02. The van der Waals surface area contributed by atoms with Crippen molar-refractivity contribution in [1.82, 2.24) is 9.55 Å². The summed E-state index contributed by atoms with van der Waals surface area (Å²) in [4.78, 5) is 31.0. The molecule has 0 saturated heterocycles. The number of anilines is 1. The second kappa shape index (κ2) is 9.54. The van der Waals surface area contributed by atoms with Crippen molar-refractivity contribution in [1.29, 1.82) is 0 Å². The number of benzene rings is 3. The molecule has 0 fully saturated rings. The second-order valence-corrected chi connectivity index (χ2v) is 8.60. The molecule has 1 unspecified atom stereocenters. The zero-order valence-corrected chi connectivity index (χ0v) is 18.7. The van der Waals surface area contributed by atoms with Crippen LogP contribution in [-0.2, 0) is 4.79 Å². The van der Waals surface area contributed by atoms with E-state index in [9.17, 15) is 14.0 Å². The fraction of sp³-hybridized carbons (Fsp3) is 0.125. The molecule has 0 saturated carbocycles. The van der Waals surface area contributed by atoms with Gasteiger partial charge in [0.15, 0.2) is 5.16 Å². The van der Waals surface area contributed by atoms with Gasteiger partial charge in [0.1, 0.15) is 5.82 Å². The molecule has 4 rings (SSSR count). The van der Waals surface area contributed by atoms with Crippen LogP contribution >= 0.6 is 23.4 Å². The van der Waals surface area contributed by atoms with Crippen LogP contribution in [0.1, 0.15) is 13.3 Å². The minimum absolute atomic E-state index is 0.0717. The van der Waals surface area contributed by atoms with Gasteiger partial charge in [-0.3, -0.25) is 14.2 Å². The lowest BCUT2D eigenvalue weighted by atomic mass is 10.2. The summed E-state index contributed by atoms with van der Waals surface area (Å²) < 4.78 is 15.0. The van der Waals surface area contributed by atoms with Gasteiger partial charge in [-0.15, -0.1) is 0 Å². The Morgan fingerprint density at radius 2 is 1.84 bits per heavy atom. The van der Waals surface area contributed by atoms with E-state index in [1.165, 1.54) is 34.5 Å². The molecule has 1 N–H and O–H groups in total. The maximum absolute atomic E-state index is 13.4. The van der Waals surface area contributed by atoms with Gasteiger partial charge in [0.25, 0.3) is 5.56 Å². The molecule has 1 amide bonds. The number of nitrogens with one attached hydrogen (secondary N) is 1. The lowest BCUT2D eigenvalue weighted by Gasteiger charge is -2.18. The van der Waals surface area contributed by atoms with Crippen molar-refractivity contribution in [3.05, 3.63) is 94.0 Å². The SMILES string of the molecule is CCC(Sc1nc2ccccc2c(=O)n1-c1ccccc1)C(=O)Nc1ccc(F)c(Cl)c1. The number of aromatic nitrogens is 2. The maximum Gasteiger partial charge on any atom is 0.266 e. The van der Waals surface area contributed by atoms with Gasteiger partial charge >= 0.3 is 0 Å². The molecule has 0 spiro atoms. The number of para-hydroxylation sites is 2. The summed E-state index contributed by atoms with van der Waals surface area (Å²) in [7, 11) is 0. The fourth-order valence-electron chi connectivity index (χ4n) is 3.24. The molecular formula is C24H19ClFN3O2S. The van der Waals surface area contributed by atoms with Crippen molar-refractivity contribution >= 4 is 45.9 Å². The third-order valence-corrected chi connectivity index (χ3v) is 6.46. The summed E-state index contributed by atoms with van der Waals surface area (Å²) in [6, 6.07) is 20.3. The topological polar surface area (TPSA) is 64.0 Å². The van der Waals surface area contributed by atoms with Gasteiger partial charge in [-0.1, -0.05) is 60.6 Å². The van der Waals surface area contributed by atoms with Crippen molar-refractivity contribution in [2.75, 3.05) is 5.32 Å². The number of halogens is 2. The zero-order chi connectivity index (χ0) is 22.7. The number of thioether (sulfide) groups is 1. The van der Waals surface area contributed by atoms with Gasteiger partial charge in [0.2, 0.25) is 5.91 Å². The Bertz CT molecular complexity index is 1340. The number of amides is 1. The quantitative estimate of drug-likeness (QED) is 0.292. The number of fused-ring (bicyclic) bond motifs is 1. The van der Waals surface area contributed by atoms with Crippen LogP contribution in [0.3, 0.4) is 0 Å². The van der Waals surface area contributed by atoms with Crippen LogP contribution in [0.5, 0.6) is 0 Å². The minimum Gasteiger partial charge on any atom is -0.325 e. The van der Waals surface area contributed by atoms with Crippen LogP contribution in [-0.4, -0.2) is 20.7 Å². The van der Waals surface area contributed by atoms with E-state index in [0.29, 0.717) is 33.9 Å². The van der Waals surface area contributed by atoms with E-state index < -0.39 is 11.1 Å². The van der Waals surface area contributed by atoms with Crippen molar-refractivity contribution < 1.29 is 9.18 Å². The van der Waals surface area contributed by atoms with E-state index in [2.05, 4.69) is 5.32 Å². The third kappa shape index (κ3) is 4.54. The third-order valence-electron chi connectivity index (χ3n) is 4.86. The van der Waals surface area contributed by atoms with Crippen LogP contribution in [0.25, 0.3) is 16.6 Å². The first-order chi connectivity index (χ1) is 15.5. The monoisotopic (exact) mass is 467 g/mol. The number of carbonyl (C=O) groups excluding carboxylic acids is 1. The normalized spacial score (nSPS) is 12.0. The number of rotatable bonds is 6. The largest absolute Gasteiger partial charge is 0.325 e. The highest BCUT2D eigenvalue weighted by molar-refractivity contribution is 8.00. The van der Waals surface area contributed by atoms with Gasteiger partial charge in [-0.25, -0.2) is 9.37 Å². The summed E-state index contributed by atoms with van der Waals surface area (Å²) in [5.41, 5.74) is 1.42. The molecule has 162 valence electrons. The first-order valence-corrected chi connectivity index (χ1v) is 11.2. The minimum atomic E-state index is -0.557. The molecular weight excluding hydrogens is 449 g/mol. The number of hydrogen-bond acceptors (Lipinski definition) is 4. The predicted molar refractivity (Wildman–Crippen MR) is 127 cm³/mol. The molecule has 1 atom stereocenters. The van der Waals surface area contributed by atoms with Gasteiger partial charge < -0.3 is 5.32 Å². The van der Waals surface area contributed by atoms with E-state index in [0.717, 1.165) is 0 Å². The van der Waals surface area contributed by atoms with Crippen LogP contribution in [0.15, 0.2) is 82.7 Å². The first-order valence-electron chi connectivity index (χ1n) is 9.97. The highest BCUT2D eigenvalue weighted by Crippen LogP contribution is 2.28. The smallest absolute Gasteiger partial charge is 0.266 e. The highest BCUT2D eigenvalue weighted by atomic mass is 35.5. The molecule has 4 aromatic rings. The van der Waals surface area contributed by atoms with E-state index in [1.54, 1.807) is 18.2 Å². The highest BCUT2D eigenvalue weighted by Gasteiger charge is 2.23. The van der Waals surface area contributed by atoms with Crippen LogP contribution in [0.2, 0.25) is 5.02 Å². The number of nitrogens with zero attached hydrogens (tertiary/aromatic N) is 2. The Labute approximate surface area is 193 Å². The van der Waals surface area contributed by atoms with E-state index in [4.69, 9.17) is 16.6 Å². The van der Waals surface area contributed by atoms with Crippen LogP contribution in [0, 0.1) is 5.82 Å². The molecule has 1 aromatic heterocycles. The first kappa shape index (κ1) is 22.0. The van der Waals surface area contributed by atoms with E-state index >= 15 is 0 Å². The lowest BCUT2D eigenvalue weighted by Crippen LogP contribution is -2.27. The molecule has 0 aliphatic heterocycles. The summed E-state index contributed by atoms with van der Waals surface area (Å²) in [5, 5.41) is 3.07. The van der Waals surface area contributed by atoms with Crippen LogP contribution < -0.4 is 10.9 Å². The van der Waals surface area contributed by atoms with E-state index in [-0.39, 0.29) is 16.5 Å². The van der Waals surface area contributed by atoms with Crippen molar-refractivity contribution in [3.63, 3.8) is 0 Å². The van der Waals surface area contributed by atoms with Crippen molar-refractivity contribution in [2.24, 2.45) is 0 Å². The van der Waals surface area contributed by atoms with Crippen molar-refractivity contribution in [2.45, 2.75) is 23.8 Å². The van der Waals surface area contributed by atoms with Crippen LogP contribution in [0.4, 0.5) is 10.1 Å². The molecule has 0 bridgehead atoms. The molecule has 32 heavy (non-hydrogen) atoms. The molecule has 0 aliphatic carbocycles. The van der Waals surface area contributed by atoms with E-state index in [1.807, 2.05) is 43.3 Å². The molecule has 0 aliphatic rings. The standard InChI is InChI=1S/C24H19ClFN3O2S/c1-2-21(22(30)27-15-12-13-19(26)18(25)14-15)32-24-28-20-11-7-6-10-17(20)23(31)29(24)16-8-4-3-5-9-16/h3-14,21H,2H2,1H3,(H,27,30). The Morgan fingerprint density at radius 1 is 1.12 bits per heavy atom. The Balaban J connectivity index is 1.72. The summed E-state index contributed by atoms with van der Waals surface area (Å²) >= 11 is 7.03. The Kier molecular flexibility index (Phi) is 6.58. The lowest BCUT2D eigenvalue weighted by molar-refractivity contribution is -0.115. The average Bonchev–Trinajstić information content (AvgIpc) is 2.80. The van der Waals surface area contributed by atoms with Gasteiger partial charge in [0, 0.05) is 5.69 Å². The maximum atomic E-state index is 13.4. The van der Waals surface area contributed by atoms with Gasteiger partial charge in [0.05, 0.1) is 26.9 Å². The molecule has 5 nitrogen and oxygen atoms in total. The van der Waals surface area contributed by atoms with Gasteiger partial charge in [-0.05, 0) is 48.9 Å². The fourth-order valence-corrected chi connectivity index (χ4v) is 4.45. The number of carbonyl (C=O) groups is 1. The zero-order valence-electron chi connectivity index (χ0n) is 17.1. The van der Waals surface area contributed by atoms with Crippen molar-refractivity contribution in [3.8, 4) is 5.69 Å².